The fourth-order valence-electron chi connectivity index (χ4n) is 1.88. The molecule has 2 rings (SSSR count). The van der Waals surface area contributed by atoms with Gasteiger partial charge in [0.1, 0.15) is 18.2 Å². The molecule has 0 aliphatic heterocycles. The van der Waals surface area contributed by atoms with Crippen molar-refractivity contribution in [3.05, 3.63) is 63.9 Å². The fraction of sp³-hybridized carbons (Fsp3) is 0.250. The van der Waals surface area contributed by atoms with E-state index in [0.717, 1.165) is 11.1 Å². The second-order valence-corrected chi connectivity index (χ2v) is 5.15. The standard InChI is InChI=1S/C16H16ClFO2/c1-10-7-13(11(2)19)4-6-16(10)20-9-12-3-5-14(17)15(18)8-12/h3-8,11,19H,9H2,1-2H3/t11-/m1/s1. The summed E-state index contributed by atoms with van der Waals surface area (Å²) in [6.07, 6.45) is -0.506. The van der Waals surface area contributed by atoms with Crippen molar-refractivity contribution in [2.24, 2.45) is 0 Å². The van der Waals surface area contributed by atoms with Crippen molar-refractivity contribution in [2.75, 3.05) is 0 Å². The van der Waals surface area contributed by atoms with Gasteiger partial charge in [-0.1, -0.05) is 23.7 Å². The van der Waals surface area contributed by atoms with Crippen molar-refractivity contribution in [1.82, 2.24) is 0 Å². The molecule has 0 spiro atoms. The maximum atomic E-state index is 13.3. The molecular weight excluding hydrogens is 279 g/mol. The van der Waals surface area contributed by atoms with E-state index in [4.69, 9.17) is 16.3 Å². The zero-order valence-electron chi connectivity index (χ0n) is 11.4. The molecule has 0 saturated carbocycles. The molecular formula is C16H16ClFO2. The number of halogens is 2. The minimum atomic E-state index is -0.506. The number of rotatable bonds is 4. The number of hydrogen-bond donors (Lipinski definition) is 1. The molecule has 2 aromatic rings. The Balaban J connectivity index is 2.09. The first-order chi connectivity index (χ1) is 9.47. The molecule has 106 valence electrons. The van der Waals surface area contributed by atoms with Crippen molar-refractivity contribution < 1.29 is 14.2 Å². The summed E-state index contributed by atoms with van der Waals surface area (Å²) in [7, 11) is 0. The highest BCUT2D eigenvalue weighted by Gasteiger charge is 2.06. The van der Waals surface area contributed by atoms with Crippen LogP contribution in [0.4, 0.5) is 4.39 Å². The molecule has 0 aromatic heterocycles. The minimum Gasteiger partial charge on any atom is -0.489 e. The lowest BCUT2D eigenvalue weighted by molar-refractivity contribution is 0.199. The van der Waals surface area contributed by atoms with Crippen LogP contribution in [0.2, 0.25) is 5.02 Å². The Labute approximate surface area is 122 Å². The van der Waals surface area contributed by atoms with E-state index in [9.17, 15) is 9.50 Å². The average Bonchev–Trinajstić information content (AvgIpc) is 2.41. The largest absolute Gasteiger partial charge is 0.489 e. The number of aryl methyl sites for hydroxylation is 1. The second-order valence-electron chi connectivity index (χ2n) is 4.74. The molecule has 20 heavy (non-hydrogen) atoms. The normalized spacial score (nSPS) is 12.2. The molecule has 0 aliphatic rings. The number of hydrogen-bond acceptors (Lipinski definition) is 2. The van der Waals surface area contributed by atoms with Gasteiger partial charge in [0, 0.05) is 0 Å². The van der Waals surface area contributed by atoms with Crippen molar-refractivity contribution in [1.29, 1.82) is 0 Å². The van der Waals surface area contributed by atoms with Gasteiger partial charge in [0.25, 0.3) is 0 Å². The summed E-state index contributed by atoms with van der Waals surface area (Å²) in [4.78, 5) is 0. The summed E-state index contributed by atoms with van der Waals surface area (Å²) < 4.78 is 19.0. The Morgan fingerprint density at radius 3 is 2.60 bits per heavy atom. The van der Waals surface area contributed by atoms with Crippen LogP contribution in [-0.4, -0.2) is 5.11 Å². The summed E-state index contributed by atoms with van der Waals surface area (Å²) in [5.41, 5.74) is 2.48. The monoisotopic (exact) mass is 294 g/mol. The smallest absolute Gasteiger partial charge is 0.142 e. The second kappa shape index (κ2) is 6.25. The third-order valence-corrected chi connectivity index (χ3v) is 3.37. The van der Waals surface area contributed by atoms with Gasteiger partial charge < -0.3 is 9.84 Å². The quantitative estimate of drug-likeness (QED) is 0.904. The van der Waals surface area contributed by atoms with Gasteiger partial charge in [-0.3, -0.25) is 0 Å². The summed E-state index contributed by atoms with van der Waals surface area (Å²) in [5.74, 6) is 0.263. The van der Waals surface area contributed by atoms with Crippen LogP contribution in [0.5, 0.6) is 5.75 Å². The molecule has 0 fully saturated rings. The highest BCUT2D eigenvalue weighted by Crippen LogP contribution is 2.24. The number of ether oxygens (including phenoxy) is 1. The van der Waals surface area contributed by atoms with Gasteiger partial charge >= 0.3 is 0 Å². The lowest BCUT2D eigenvalue weighted by Crippen LogP contribution is -1.99. The van der Waals surface area contributed by atoms with Crippen LogP contribution in [-0.2, 0) is 6.61 Å². The molecule has 0 aliphatic carbocycles. The van der Waals surface area contributed by atoms with Crippen LogP contribution in [0.1, 0.15) is 29.7 Å². The molecule has 0 unspecified atom stereocenters. The molecule has 1 atom stereocenters. The maximum absolute atomic E-state index is 13.3. The maximum Gasteiger partial charge on any atom is 0.142 e. The molecule has 1 N–H and O–H groups in total. The van der Waals surface area contributed by atoms with Crippen molar-refractivity contribution in [2.45, 2.75) is 26.6 Å². The van der Waals surface area contributed by atoms with E-state index in [2.05, 4.69) is 0 Å². The van der Waals surface area contributed by atoms with Crippen LogP contribution in [0.25, 0.3) is 0 Å². The Kier molecular flexibility index (Phi) is 4.63. The fourth-order valence-corrected chi connectivity index (χ4v) is 2.00. The number of aliphatic hydroxyl groups excluding tert-OH is 1. The highest BCUT2D eigenvalue weighted by atomic mass is 35.5. The van der Waals surface area contributed by atoms with Crippen molar-refractivity contribution >= 4 is 11.6 Å². The highest BCUT2D eigenvalue weighted by molar-refractivity contribution is 6.30. The van der Waals surface area contributed by atoms with E-state index in [-0.39, 0.29) is 11.6 Å². The zero-order valence-corrected chi connectivity index (χ0v) is 12.1. The van der Waals surface area contributed by atoms with Crippen LogP contribution in [0.3, 0.4) is 0 Å². The SMILES string of the molecule is Cc1cc([C@@H](C)O)ccc1OCc1ccc(Cl)c(F)c1. The van der Waals surface area contributed by atoms with Crippen LogP contribution < -0.4 is 4.74 Å². The minimum absolute atomic E-state index is 0.103. The first kappa shape index (κ1) is 14.8. The number of benzene rings is 2. The first-order valence-electron chi connectivity index (χ1n) is 6.32. The topological polar surface area (TPSA) is 29.5 Å². The summed E-state index contributed by atoms with van der Waals surface area (Å²) in [6.45, 7) is 3.89. The van der Waals surface area contributed by atoms with Gasteiger partial charge in [0.2, 0.25) is 0 Å². The van der Waals surface area contributed by atoms with Gasteiger partial charge in [-0.15, -0.1) is 0 Å². The third-order valence-electron chi connectivity index (χ3n) is 3.06. The van der Waals surface area contributed by atoms with E-state index >= 15 is 0 Å². The van der Waals surface area contributed by atoms with Crippen molar-refractivity contribution in [3.8, 4) is 5.75 Å². The van der Waals surface area contributed by atoms with Crippen molar-refractivity contribution in [3.63, 3.8) is 0 Å². The van der Waals surface area contributed by atoms with Gasteiger partial charge in [-0.25, -0.2) is 4.39 Å². The van der Waals surface area contributed by atoms with E-state index in [1.54, 1.807) is 13.0 Å². The van der Waals surface area contributed by atoms with Gasteiger partial charge in [-0.2, -0.15) is 0 Å². The number of aliphatic hydroxyl groups is 1. The Hall–Kier alpha value is -1.58. The molecule has 2 nitrogen and oxygen atoms in total. The molecule has 0 radical (unpaired) electrons. The lowest BCUT2D eigenvalue weighted by Gasteiger charge is -2.12. The summed E-state index contributed by atoms with van der Waals surface area (Å²) >= 11 is 5.63. The van der Waals surface area contributed by atoms with Gasteiger partial charge in [-0.05, 0) is 54.8 Å². The van der Waals surface area contributed by atoms with E-state index in [0.29, 0.717) is 11.3 Å². The lowest BCUT2D eigenvalue weighted by atomic mass is 10.1. The van der Waals surface area contributed by atoms with Crippen LogP contribution in [0.15, 0.2) is 36.4 Å². The molecule has 0 heterocycles. The predicted octanol–water partition coefficient (Wildman–Crippen LogP) is 4.42. The molecule has 0 saturated heterocycles. The van der Waals surface area contributed by atoms with Gasteiger partial charge in [0.05, 0.1) is 11.1 Å². The third kappa shape index (κ3) is 3.50. The molecule has 4 heteroatoms. The van der Waals surface area contributed by atoms with Crippen LogP contribution in [0, 0.1) is 12.7 Å². The zero-order chi connectivity index (χ0) is 14.7. The first-order valence-corrected chi connectivity index (χ1v) is 6.70. The predicted molar refractivity (Wildman–Crippen MR) is 77.6 cm³/mol. The Morgan fingerprint density at radius 1 is 1.25 bits per heavy atom. The molecule has 0 amide bonds. The van der Waals surface area contributed by atoms with E-state index in [1.807, 2.05) is 25.1 Å². The molecule has 0 bridgehead atoms. The Morgan fingerprint density at radius 2 is 2.00 bits per heavy atom. The van der Waals surface area contributed by atoms with E-state index in [1.165, 1.54) is 12.1 Å². The summed E-state index contributed by atoms with van der Waals surface area (Å²) in [6, 6.07) is 10.1. The summed E-state index contributed by atoms with van der Waals surface area (Å²) in [5, 5.41) is 9.61. The van der Waals surface area contributed by atoms with Crippen LogP contribution >= 0.6 is 11.6 Å². The molecule has 2 aromatic carbocycles. The average molecular weight is 295 g/mol. The van der Waals surface area contributed by atoms with Gasteiger partial charge in [0.15, 0.2) is 0 Å². The Bertz CT molecular complexity index is 611. The van der Waals surface area contributed by atoms with E-state index < -0.39 is 11.9 Å².